The predicted molar refractivity (Wildman–Crippen MR) is 47.7 cm³/mol. The van der Waals surface area contributed by atoms with Crippen LogP contribution < -0.4 is 0 Å². The topological polar surface area (TPSA) is 29.5 Å². The van der Waals surface area contributed by atoms with Crippen molar-refractivity contribution in [3.05, 3.63) is 0 Å². The molecule has 0 aromatic rings. The Morgan fingerprint density at radius 2 is 2.38 bits per heavy atom. The minimum Gasteiger partial charge on any atom is -0.445 e. The number of ether oxygens (including phenoxy) is 1. The smallest absolute Gasteiger partial charge is 0.404 e. The van der Waals surface area contributed by atoms with Gasteiger partial charge in [-0.25, -0.2) is 4.79 Å². The van der Waals surface area contributed by atoms with Crippen LogP contribution in [0.1, 0.15) is 12.8 Å². The highest BCUT2D eigenvalue weighted by molar-refractivity contribution is 6.61. The van der Waals surface area contributed by atoms with Gasteiger partial charge in [0.05, 0.1) is 0 Å². The molecule has 2 bridgehead atoms. The SMILES string of the molecule is O=C(Cl)O[C@]12CN3CCC1CC2C3. The molecule has 3 fully saturated rings. The summed E-state index contributed by atoms with van der Waals surface area (Å²) in [5, 5.41) is 0. The first-order chi connectivity index (χ1) is 6.21. The van der Waals surface area contributed by atoms with E-state index in [1.54, 1.807) is 0 Å². The fourth-order valence-corrected chi connectivity index (χ4v) is 3.49. The molecule has 0 radical (unpaired) electrons. The number of rotatable bonds is 1. The number of fused-ring (bicyclic) bond motifs is 1. The highest BCUT2D eigenvalue weighted by Gasteiger charge is 2.64. The van der Waals surface area contributed by atoms with E-state index >= 15 is 0 Å². The van der Waals surface area contributed by atoms with Gasteiger partial charge < -0.3 is 4.74 Å². The van der Waals surface area contributed by atoms with Crippen molar-refractivity contribution in [3.8, 4) is 0 Å². The number of hydrogen-bond donors (Lipinski definition) is 0. The molecule has 72 valence electrons. The molecular formula is C9H12ClNO2. The molecule has 0 aromatic heterocycles. The van der Waals surface area contributed by atoms with Crippen LogP contribution in [-0.2, 0) is 4.74 Å². The number of halogens is 1. The lowest BCUT2D eigenvalue weighted by Crippen LogP contribution is -2.59. The first-order valence-electron chi connectivity index (χ1n) is 4.81. The van der Waals surface area contributed by atoms with Crippen LogP contribution in [0.4, 0.5) is 4.79 Å². The van der Waals surface area contributed by atoms with Gasteiger partial charge in [-0.2, -0.15) is 0 Å². The molecule has 0 amide bonds. The lowest BCUT2D eigenvalue weighted by molar-refractivity contribution is -0.128. The van der Waals surface area contributed by atoms with Gasteiger partial charge in [-0.15, -0.1) is 0 Å². The molecule has 3 aliphatic rings. The standard InChI is InChI=1S/C9H12ClNO2/c10-8(12)13-9-5-11-2-1-6(9)3-7(9)4-11/h6-7H,1-5H2/t6?,7?,9-/m1/s1. The van der Waals surface area contributed by atoms with E-state index in [2.05, 4.69) is 4.90 Å². The monoisotopic (exact) mass is 201 g/mol. The van der Waals surface area contributed by atoms with Gasteiger partial charge in [0.1, 0.15) is 5.60 Å². The Kier molecular flexibility index (Phi) is 1.48. The summed E-state index contributed by atoms with van der Waals surface area (Å²) in [6.07, 6.45) is 2.39. The van der Waals surface area contributed by atoms with Crippen molar-refractivity contribution in [1.29, 1.82) is 0 Å². The first-order valence-corrected chi connectivity index (χ1v) is 5.19. The van der Waals surface area contributed by atoms with E-state index in [-0.39, 0.29) is 5.60 Å². The molecule has 0 aromatic carbocycles. The number of piperidine rings is 1. The summed E-state index contributed by atoms with van der Waals surface area (Å²) in [6.45, 7) is 3.18. The summed E-state index contributed by atoms with van der Waals surface area (Å²) in [5.41, 5.74) is -0.810. The average Bonchev–Trinajstić information content (AvgIpc) is 2.27. The summed E-state index contributed by atoms with van der Waals surface area (Å²) < 4.78 is 5.32. The first kappa shape index (κ1) is 8.06. The van der Waals surface area contributed by atoms with E-state index in [0.717, 1.165) is 13.1 Å². The molecule has 3 unspecified atom stereocenters. The lowest BCUT2D eigenvalue weighted by atomic mass is 9.61. The summed E-state index contributed by atoms with van der Waals surface area (Å²) in [7, 11) is 0. The normalized spacial score (nSPS) is 51.3. The Morgan fingerprint density at radius 1 is 1.54 bits per heavy atom. The fraction of sp³-hybridized carbons (Fsp3) is 0.889. The van der Waals surface area contributed by atoms with Crippen molar-refractivity contribution in [1.82, 2.24) is 4.90 Å². The third-order valence-electron chi connectivity index (χ3n) is 3.96. The molecule has 4 heteroatoms. The van der Waals surface area contributed by atoms with Crippen LogP contribution in [0, 0.1) is 11.8 Å². The van der Waals surface area contributed by atoms with Crippen LogP contribution in [0.3, 0.4) is 0 Å². The third-order valence-corrected chi connectivity index (χ3v) is 4.04. The zero-order valence-corrected chi connectivity index (χ0v) is 8.09. The van der Waals surface area contributed by atoms with Gasteiger partial charge >= 0.3 is 5.43 Å². The summed E-state index contributed by atoms with van der Waals surface area (Å²) in [5.74, 6) is 1.14. The Hall–Kier alpha value is -0.280. The minimum atomic E-state index is -0.626. The van der Waals surface area contributed by atoms with Gasteiger partial charge in [-0.1, -0.05) is 0 Å². The molecule has 0 N–H and O–H groups in total. The molecule has 0 spiro atoms. The predicted octanol–water partition coefficient (Wildman–Crippen LogP) is 1.46. The molecule has 2 aliphatic heterocycles. The Bertz CT molecular complexity index is 262. The maximum atomic E-state index is 10.8. The summed E-state index contributed by atoms with van der Waals surface area (Å²) in [6, 6.07) is 0. The molecule has 4 atom stereocenters. The Labute approximate surface area is 82.0 Å². The average molecular weight is 202 g/mol. The second kappa shape index (κ2) is 2.39. The molecule has 13 heavy (non-hydrogen) atoms. The van der Waals surface area contributed by atoms with E-state index in [1.165, 1.54) is 19.4 Å². The number of carbonyl (C=O) groups excluding carboxylic acids is 1. The maximum absolute atomic E-state index is 10.8. The zero-order chi connectivity index (χ0) is 9.05. The quantitative estimate of drug-likeness (QED) is 0.602. The van der Waals surface area contributed by atoms with E-state index in [9.17, 15) is 4.79 Å². The number of nitrogens with zero attached hydrogens (tertiary/aromatic N) is 1. The van der Waals surface area contributed by atoms with Crippen molar-refractivity contribution >= 4 is 17.0 Å². The number of carbonyl (C=O) groups is 1. The van der Waals surface area contributed by atoms with Gasteiger partial charge in [0.15, 0.2) is 0 Å². The molecule has 2 saturated heterocycles. The Morgan fingerprint density at radius 3 is 3.15 bits per heavy atom. The van der Waals surface area contributed by atoms with Crippen LogP contribution in [0.25, 0.3) is 0 Å². The van der Waals surface area contributed by atoms with E-state index in [1.807, 2.05) is 0 Å². The van der Waals surface area contributed by atoms with E-state index < -0.39 is 5.43 Å². The molecular weight excluding hydrogens is 190 g/mol. The maximum Gasteiger partial charge on any atom is 0.404 e. The van der Waals surface area contributed by atoms with Crippen molar-refractivity contribution in [2.24, 2.45) is 11.8 Å². The second-order valence-electron chi connectivity index (χ2n) is 4.45. The molecule has 1 aliphatic carbocycles. The zero-order valence-electron chi connectivity index (χ0n) is 7.33. The van der Waals surface area contributed by atoms with Gasteiger partial charge in [0.25, 0.3) is 0 Å². The van der Waals surface area contributed by atoms with Crippen LogP contribution in [0.15, 0.2) is 0 Å². The van der Waals surface area contributed by atoms with Gasteiger partial charge in [-0.05, 0) is 19.4 Å². The van der Waals surface area contributed by atoms with Crippen molar-refractivity contribution < 1.29 is 9.53 Å². The van der Waals surface area contributed by atoms with Crippen LogP contribution in [-0.4, -0.2) is 35.6 Å². The van der Waals surface area contributed by atoms with Crippen LogP contribution in [0.5, 0.6) is 0 Å². The highest BCUT2D eigenvalue weighted by atomic mass is 35.5. The summed E-state index contributed by atoms with van der Waals surface area (Å²) >= 11 is 5.30. The largest absolute Gasteiger partial charge is 0.445 e. The fourth-order valence-electron chi connectivity index (χ4n) is 3.35. The van der Waals surface area contributed by atoms with Crippen molar-refractivity contribution in [3.63, 3.8) is 0 Å². The molecule has 2 heterocycles. The van der Waals surface area contributed by atoms with Crippen molar-refractivity contribution in [2.75, 3.05) is 19.6 Å². The highest BCUT2D eigenvalue weighted by Crippen LogP contribution is 2.56. The Balaban J connectivity index is 1.87. The third kappa shape index (κ3) is 0.919. The molecule has 3 rings (SSSR count). The van der Waals surface area contributed by atoms with Crippen molar-refractivity contribution in [2.45, 2.75) is 18.4 Å². The second-order valence-corrected chi connectivity index (χ2v) is 4.76. The minimum absolute atomic E-state index is 0.183. The van der Waals surface area contributed by atoms with E-state index in [4.69, 9.17) is 16.3 Å². The van der Waals surface area contributed by atoms with Gasteiger partial charge in [0.2, 0.25) is 0 Å². The number of hydrogen-bond acceptors (Lipinski definition) is 3. The van der Waals surface area contributed by atoms with Crippen LogP contribution in [0.2, 0.25) is 0 Å². The lowest BCUT2D eigenvalue weighted by Gasteiger charge is -2.51. The molecule has 3 nitrogen and oxygen atoms in total. The summed E-state index contributed by atoms with van der Waals surface area (Å²) in [4.78, 5) is 13.2. The molecule has 1 saturated carbocycles. The van der Waals surface area contributed by atoms with E-state index in [0.29, 0.717) is 11.8 Å². The van der Waals surface area contributed by atoms with Gasteiger partial charge in [-0.3, -0.25) is 4.90 Å². The van der Waals surface area contributed by atoms with Crippen LogP contribution >= 0.6 is 11.6 Å². The van der Waals surface area contributed by atoms with Gasteiger partial charge in [0, 0.05) is 36.5 Å².